The van der Waals surface area contributed by atoms with Gasteiger partial charge >= 0.3 is 6.09 Å². The van der Waals surface area contributed by atoms with E-state index in [4.69, 9.17) is 4.74 Å². The Labute approximate surface area is 120 Å². The smallest absolute Gasteiger partial charge is 0.412 e. The van der Waals surface area contributed by atoms with Crippen molar-refractivity contribution in [3.63, 3.8) is 0 Å². The number of carbonyl (C=O) groups is 2. The molecule has 0 bridgehead atoms. The number of anilines is 1. The van der Waals surface area contributed by atoms with Gasteiger partial charge in [-0.25, -0.2) is 14.2 Å². The molecule has 0 aliphatic rings. The predicted molar refractivity (Wildman–Crippen MR) is 75.4 cm³/mol. The van der Waals surface area contributed by atoms with Crippen LogP contribution in [0.2, 0.25) is 0 Å². The summed E-state index contributed by atoms with van der Waals surface area (Å²) in [6, 6.07) is 5.82. The highest BCUT2D eigenvalue weighted by atomic mass is 19.1. The zero-order chi connectivity index (χ0) is 15.2. The monoisotopic (exact) mass is 291 g/mol. The molecule has 7 heteroatoms. The molecule has 21 heavy (non-hydrogen) atoms. The third-order valence-electron chi connectivity index (χ3n) is 2.76. The molecule has 0 aliphatic heterocycles. The molecule has 2 rings (SSSR count). The fraction of sp³-hybridized carbons (Fsp3) is 0.214. The first-order chi connectivity index (χ1) is 10.1. The highest BCUT2D eigenvalue weighted by Gasteiger charge is 2.07. The average molecular weight is 291 g/mol. The molecule has 0 atom stereocenters. The van der Waals surface area contributed by atoms with Gasteiger partial charge in [0.1, 0.15) is 18.2 Å². The summed E-state index contributed by atoms with van der Waals surface area (Å²) < 4.78 is 18.0. The van der Waals surface area contributed by atoms with E-state index >= 15 is 0 Å². The van der Waals surface area contributed by atoms with Crippen LogP contribution in [-0.2, 0) is 9.53 Å². The lowest BCUT2D eigenvalue weighted by atomic mass is 10.2. The van der Waals surface area contributed by atoms with Gasteiger partial charge in [0.25, 0.3) is 0 Å². The van der Waals surface area contributed by atoms with Crippen LogP contribution in [-0.4, -0.2) is 30.6 Å². The fourth-order valence-electron chi connectivity index (χ4n) is 1.68. The van der Waals surface area contributed by atoms with Crippen LogP contribution in [0.1, 0.15) is 6.42 Å². The van der Waals surface area contributed by atoms with Crippen LogP contribution in [0.5, 0.6) is 0 Å². The summed E-state index contributed by atoms with van der Waals surface area (Å²) >= 11 is 0. The van der Waals surface area contributed by atoms with Gasteiger partial charge in [-0.3, -0.25) is 10.1 Å². The van der Waals surface area contributed by atoms with E-state index in [1.807, 2.05) is 0 Å². The lowest BCUT2D eigenvalue weighted by Crippen LogP contribution is -2.22. The topological polar surface area (TPSA) is 80.3 Å². The molecule has 2 N–H and O–H groups in total. The van der Waals surface area contributed by atoms with E-state index in [1.54, 1.807) is 12.1 Å². The number of rotatable bonds is 4. The number of pyridine rings is 1. The molecule has 0 saturated carbocycles. The van der Waals surface area contributed by atoms with Crippen molar-refractivity contribution >= 4 is 28.6 Å². The minimum atomic E-state index is -0.720. The number of halogens is 1. The van der Waals surface area contributed by atoms with E-state index in [9.17, 15) is 14.0 Å². The predicted octanol–water partition coefficient (Wildman–Crippen LogP) is 2.06. The summed E-state index contributed by atoms with van der Waals surface area (Å²) in [5, 5.41) is 6.21. The van der Waals surface area contributed by atoms with Gasteiger partial charge in [0.15, 0.2) is 0 Å². The van der Waals surface area contributed by atoms with Crippen molar-refractivity contribution in [3.05, 3.63) is 36.3 Å². The normalized spacial score (nSPS) is 10.2. The molecular formula is C14H14FN3O3. The second-order valence-corrected chi connectivity index (χ2v) is 4.25. The Morgan fingerprint density at radius 1 is 1.29 bits per heavy atom. The maximum absolute atomic E-state index is 13.1. The quantitative estimate of drug-likeness (QED) is 0.903. The van der Waals surface area contributed by atoms with Gasteiger partial charge in [-0.05, 0) is 29.7 Å². The van der Waals surface area contributed by atoms with Crippen LogP contribution >= 0.6 is 0 Å². The van der Waals surface area contributed by atoms with Gasteiger partial charge in [-0.2, -0.15) is 0 Å². The van der Waals surface area contributed by atoms with Crippen LogP contribution in [0.3, 0.4) is 0 Å². The van der Waals surface area contributed by atoms with Crippen LogP contribution in [0, 0.1) is 5.82 Å². The molecule has 1 aromatic heterocycles. The molecule has 110 valence electrons. The standard InChI is InChI=1S/C14H14FN3O3/c1-16-13(19)4-5-21-14(20)18-12-7-10-6-11(15)3-2-9(10)8-17-12/h2-3,6-8H,4-5H2,1H3,(H,16,19)(H,17,18,20). The molecule has 0 saturated heterocycles. The van der Waals surface area contributed by atoms with Crippen molar-refractivity contribution in [1.82, 2.24) is 10.3 Å². The van der Waals surface area contributed by atoms with Gasteiger partial charge in [0.05, 0.1) is 6.42 Å². The van der Waals surface area contributed by atoms with Crippen molar-refractivity contribution in [3.8, 4) is 0 Å². The third kappa shape index (κ3) is 4.13. The van der Waals surface area contributed by atoms with Crippen molar-refractivity contribution in [2.24, 2.45) is 0 Å². The van der Waals surface area contributed by atoms with Crippen LogP contribution in [0.15, 0.2) is 30.5 Å². The lowest BCUT2D eigenvalue weighted by molar-refractivity contribution is -0.121. The molecular weight excluding hydrogens is 277 g/mol. The number of nitrogens with one attached hydrogen (secondary N) is 2. The highest BCUT2D eigenvalue weighted by molar-refractivity contribution is 5.89. The Hall–Kier alpha value is -2.70. The number of carbonyl (C=O) groups excluding carboxylic acids is 2. The van der Waals surface area contributed by atoms with Gasteiger partial charge < -0.3 is 10.1 Å². The summed E-state index contributed by atoms with van der Waals surface area (Å²) in [6.07, 6.45) is 0.886. The van der Waals surface area contributed by atoms with E-state index in [2.05, 4.69) is 15.6 Å². The Kier molecular flexibility index (Phi) is 4.65. The molecule has 2 aromatic rings. The van der Waals surface area contributed by atoms with E-state index in [-0.39, 0.29) is 30.6 Å². The maximum atomic E-state index is 13.1. The Balaban J connectivity index is 1.96. The average Bonchev–Trinajstić information content (AvgIpc) is 2.46. The van der Waals surface area contributed by atoms with Crippen molar-refractivity contribution < 1.29 is 18.7 Å². The first kappa shape index (κ1) is 14.7. The maximum Gasteiger partial charge on any atom is 0.412 e. The Morgan fingerprint density at radius 2 is 2.10 bits per heavy atom. The first-order valence-corrected chi connectivity index (χ1v) is 6.28. The Morgan fingerprint density at radius 3 is 2.86 bits per heavy atom. The van der Waals surface area contributed by atoms with Crippen LogP contribution in [0.25, 0.3) is 10.8 Å². The molecule has 0 spiro atoms. The van der Waals surface area contributed by atoms with Gasteiger partial charge in [-0.15, -0.1) is 0 Å². The number of hydrogen-bond acceptors (Lipinski definition) is 4. The largest absolute Gasteiger partial charge is 0.449 e. The van der Waals surface area contributed by atoms with Crippen molar-refractivity contribution in [2.45, 2.75) is 6.42 Å². The molecule has 1 aromatic carbocycles. The lowest BCUT2D eigenvalue weighted by Gasteiger charge is -2.07. The Bertz CT molecular complexity index is 676. The van der Waals surface area contributed by atoms with Gasteiger partial charge in [0, 0.05) is 18.6 Å². The molecule has 0 unspecified atom stereocenters. The summed E-state index contributed by atoms with van der Waals surface area (Å²) in [5.74, 6) is -0.340. The molecule has 2 amide bonds. The number of aromatic nitrogens is 1. The third-order valence-corrected chi connectivity index (χ3v) is 2.76. The molecule has 0 aliphatic carbocycles. The molecule has 0 radical (unpaired) electrons. The van der Waals surface area contributed by atoms with Crippen molar-refractivity contribution in [1.29, 1.82) is 0 Å². The fourth-order valence-corrected chi connectivity index (χ4v) is 1.68. The number of nitrogens with zero attached hydrogens (tertiary/aromatic N) is 1. The van der Waals surface area contributed by atoms with Crippen LogP contribution in [0.4, 0.5) is 15.0 Å². The number of ether oxygens (including phenoxy) is 1. The van der Waals surface area contributed by atoms with Gasteiger partial charge in [0.2, 0.25) is 5.91 Å². The summed E-state index contributed by atoms with van der Waals surface area (Å²) in [6.45, 7) is -0.0340. The minimum absolute atomic E-state index is 0.0340. The minimum Gasteiger partial charge on any atom is -0.449 e. The van der Waals surface area contributed by atoms with E-state index < -0.39 is 6.09 Å². The number of fused-ring (bicyclic) bond motifs is 1. The zero-order valence-corrected chi connectivity index (χ0v) is 11.4. The SMILES string of the molecule is CNC(=O)CCOC(=O)Nc1cc2cc(F)ccc2cn1. The number of benzene rings is 1. The van der Waals surface area contributed by atoms with E-state index in [1.165, 1.54) is 25.4 Å². The number of hydrogen-bond donors (Lipinski definition) is 2. The van der Waals surface area contributed by atoms with Gasteiger partial charge in [-0.1, -0.05) is 0 Å². The molecule has 0 fully saturated rings. The second-order valence-electron chi connectivity index (χ2n) is 4.25. The van der Waals surface area contributed by atoms with Crippen molar-refractivity contribution in [2.75, 3.05) is 19.0 Å². The van der Waals surface area contributed by atoms with E-state index in [0.717, 1.165) is 5.39 Å². The first-order valence-electron chi connectivity index (χ1n) is 6.28. The number of amides is 2. The summed E-state index contributed by atoms with van der Waals surface area (Å²) in [4.78, 5) is 26.5. The summed E-state index contributed by atoms with van der Waals surface area (Å²) in [7, 11) is 1.50. The second kappa shape index (κ2) is 6.65. The molecule has 1 heterocycles. The zero-order valence-electron chi connectivity index (χ0n) is 11.4. The van der Waals surface area contributed by atoms with E-state index in [0.29, 0.717) is 5.39 Å². The highest BCUT2D eigenvalue weighted by Crippen LogP contribution is 2.17. The summed E-state index contributed by atoms with van der Waals surface area (Å²) in [5.41, 5.74) is 0. The molecule has 6 nitrogen and oxygen atoms in total. The van der Waals surface area contributed by atoms with Crippen LogP contribution < -0.4 is 10.6 Å².